The second-order valence-corrected chi connectivity index (χ2v) is 5.99. The first kappa shape index (κ1) is 11.9. The Balaban J connectivity index is 2.15. The average molecular weight is 221 g/mol. The molecule has 0 aliphatic carbocycles. The summed E-state index contributed by atoms with van der Waals surface area (Å²) in [5, 5.41) is 0. The standard InChI is InChI=1S/C9H19NO3S/c1-10(6-2-3-7-10)8-4-5-9-14(11,12)13/h2-9H2,1H3. The highest BCUT2D eigenvalue weighted by Gasteiger charge is 2.25. The summed E-state index contributed by atoms with van der Waals surface area (Å²) < 4.78 is 32.1. The third-order valence-corrected chi connectivity index (χ3v) is 3.78. The van der Waals surface area contributed by atoms with Crippen LogP contribution >= 0.6 is 0 Å². The third-order valence-electron chi connectivity index (χ3n) is 2.99. The molecule has 0 unspecified atom stereocenters. The van der Waals surface area contributed by atoms with Gasteiger partial charge in [0.15, 0.2) is 0 Å². The van der Waals surface area contributed by atoms with Crippen LogP contribution < -0.4 is 0 Å². The van der Waals surface area contributed by atoms with E-state index in [1.165, 1.54) is 25.9 Å². The Bertz CT molecular complexity index is 268. The minimum absolute atomic E-state index is 0.201. The van der Waals surface area contributed by atoms with Gasteiger partial charge in [-0.15, -0.1) is 0 Å². The average Bonchev–Trinajstić information content (AvgIpc) is 2.45. The van der Waals surface area contributed by atoms with Gasteiger partial charge in [0, 0.05) is 18.6 Å². The van der Waals surface area contributed by atoms with Gasteiger partial charge >= 0.3 is 0 Å². The highest BCUT2D eigenvalue weighted by atomic mass is 32.2. The summed E-state index contributed by atoms with van der Waals surface area (Å²) in [6, 6.07) is 0. The van der Waals surface area contributed by atoms with E-state index in [0.717, 1.165) is 17.4 Å². The molecule has 4 nitrogen and oxygen atoms in total. The van der Waals surface area contributed by atoms with Crippen LogP contribution in [0.3, 0.4) is 0 Å². The highest BCUT2D eigenvalue weighted by Crippen LogP contribution is 2.17. The molecule has 0 atom stereocenters. The molecule has 0 spiro atoms. The molecule has 0 aromatic heterocycles. The smallest absolute Gasteiger partial charge is 0.0945 e. The van der Waals surface area contributed by atoms with Gasteiger partial charge in [-0.05, 0) is 12.8 Å². The molecule has 1 saturated heterocycles. The molecule has 0 aromatic rings. The highest BCUT2D eigenvalue weighted by molar-refractivity contribution is 7.85. The Labute approximate surface area is 86.3 Å². The number of hydrogen-bond donors (Lipinski definition) is 0. The van der Waals surface area contributed by atoms with Crippen LogP contribution in [0.25, 0.3) is 0 Å². The zero-order chi connectivity index (χ0) is 10.7. The predicted octanol–water partition coefficient (Wildman–Crippen LogP) is 0.552. The number of rotatable bonds is 5. The Kier molecular flexibility index (Phi) is 3.92. The van der Waals surface area contributed by atoms with E-state index >= 15 is 0 Å². The van der Waals surface area contributed by atoms with E-state index < -0.39 is 10.1 Å². The molecule has 1 rings (SSSR count). The van der Waals surface area contributed by atoms with Crippen molar-refractivity contribution in [2.45, 2.75) is 25.7 Å². The summed E-state index contributed by atoms with van der Waals surface area (Å²) >= 11 is 0. The quantitative estimate of drug-likeness (QED) is 0.387. The Morgan fingerprint density at radius 2 is 1.79 bits per heavy atom. The van der Waals surface area contributed by atoms with Gasteiger partial charge in [0.05, 0.1) is 36.8 Å². The van der Waals surface area contributed by atoms with Gasteiger partial charge in [-0.2, -0.15) is 0 Å². The number of quaternary nitrogens is 1. The van der Waals surface area contributed by atoms with Crippen LogP contribution in [0.15, 0.2) is 0 Å². The van der Waals surface area contributed by atoms with Crippen molar-refractivity contribution in [2.75, 3.05) is 32.4 Å². The number of unbranched alkanes of at least 4 members (excludes halogenated alkanes) is 1. The lowest BCUT2D eigenvalue weighted by atomic mass is 10.3. The van der Waals surface area contributed by atoms with Crippen LogP contribution in [0.2, 0.25) is 0 Å². The first-order valence-corrected chi connectivity index (χ1v) is 6.76. The van der Waals surface area contributed by atoms with Crippen LogP contribution in [-0.2, 0) is 10.1 Å². The molecule has 14 heavy (non-hydrogen) atoms. The maximum absolute atomic E-state index is 10.3. The summed E-state index contributed by atoms with van der Waals surface area (Å²) in [5.74, 6) is -0.201. The van der Waals surface area contributed by atoms with Gasteiger partial charge in [-0.3, -0.25) is 0 Å². The van der Waals surface area contributed by atoms with Crippen molar-refractivity contribution >= 4 is 10.1 Å². The maximum atomic E-state index is 10.3. The molecule has 0 bridgehead atoms. The summed E-state index contributed by atoms with van der Waals surface area (Å²) in [4.78, 5) is 0. The normalized spacial score (nSPS) is 21.3. The van der Waals surface area contributed by atoms with Crippen molar-refractivity contribution in [3.8, 4) is 0 Å². The second-order valence-electron chi connectivity index (χ2n) is 4.47. The van der Waals surface area contributed by atoms with E-state index in [2.05, 4.69) is 7.05 Å². The van der Waals surface area contributed by atoms with E-state index in [4.69, 9.17) is 0 Å². The molecule has 84 valence electrons. The van der Waals surface area contributed by atoms with E-state index in [9.17, 15) is 13.0 Å². The van der Waals surface area contributed by atoms with E-state index in [-0.39, 0.29) is 5.75 Å². The molecular formula is C9H19NO3S. The Hall–Kier alpha value is -0.130. The predicted molar refractivity (Wildman–Crippen MR) is 53.8 cm³/mol. The Morgan fingerprint density at radius 3 is 2.29 bits per heavy atom. The summed E-state index contributed by atoms with van der Waals surface area (Å²) in [6.07, 6.45) is 3.91. The molecular weight excluding hydrogens is 202 g/mol. The lowest BCUT2D eigenvalue weighted by Crippen LogP contribution is -2.41. The molecule has 0 radical (unpaired) electrons. The minimum Gasteiger partial charge on any atom is -0.748 e. The monoisotopic (exact) mass is 221 g/mol. The van der Waals surface area contributed by atoms with Crippen molar-refractivity contribution in [3.63, 3.8) is 0 Å². The molecule has 0 aromatic carbocycles. The SMILES string of the molecule is C[N+]1(CCCCS(=O)(=O)[O-])CCCC1. The second kappa shape index (κ2) is 4.59. The van der Waals surface area contributed by atoms with Gasteiger partial charge < -0.3 is 9.04 Å². The molecule has 0 amide bonds. The van der Waals surface area contributed by atoms with E-state index in [0.29, 0.717) is 6.42 Å². The van der Waals surface area contributed by atoms with Crippen molar-refractivity contribution in [1.82, 2.24) is 0 Å². The van der Waals surface area contributed by atoms with Gasteiger partial charge in [0.25, 0.3) is 0 Å². The fourth-order valence-electron chi connectivity index (χ4n) is 2.09. The van der Waals surface area contributed by atoms with Gasteiger partial charge in [0.2, 0.25) is 0 Å². The first-order valence-electron chi connectivity index (χ1n) is 5.18. The summed E-state index contributed by atoms with van der Waals surface area (Å²) in [7, 11) is -1.79. The summed E-state index contributed by atoms with van der Waals surface area (Å²) in [5.41, 5.74) is 0. The van der Waals surface area contributed by atoms with Crippen LogP contribution in [0, 0.1) is 0 Å². The van der Waals surface area contributed by atoms with E-state index in [1.807, 2.05) is 0 Å². The summed E-state index contributed by atoms with van der Waals surface area (Å²) in [6.45, 7) is 3.41. The zero-order valence-corrected chi connectivity index (χ0v) is 9.55. The van der Waals surface area contributed by atoms with Crippen LogP contribution in [0.1, 0.15) is 25.7 Å². The van der Waals surface area contributed by atoms with Crippen molar-refractivity contribution in [2.24, 2.45) is 0 Å². The van der Waals surface area contributed by atoms with Gasteiger partial charge in [-0.1, -0.05) is 0 Å². The lowest BCUT2D eigenvalue weighted by molar-refractivity contribution is -0.897. The fraction of sp³-hybridized carbons (Fsp3) is 1.00. The van der Waals surface area contributed by atoms with Gasteiger partial charge in [0.1, 0.15) is 0 Å². The van der Waals surface area contributed by atoms with Crippen LogP contribution in [-0.4, -0.2) is 49.9 Å². The van der Waals surface area contributed by atoms with E-state index in [1.54, 1.807) is 0 Å². The maximum Gasteiger partial charge on any atom is 0.0945 e. The first-order chi connectivity index (χ1) is 6.41. The lowest BCUT2D eigenvalue weighted by Gasteiger charge is -2.29. The number of hydrogen-bond acceptors (Lipinski definition) is 3. The topological polar surface area (TPSA) is 57.2 Å². The number of nitrogens with zero attached hydrogens (tertiary/aromatic N) is 1. The van der Waals surface area contributed by atoms with Crippen molar-refractivity contribution in [1.29, 1.82) is 0 Å². The Morgan fingerprint density at radius 1 is 1.21 bits per heavy atom. The van der Waals surface area contributed by atoms with Crippen molar-refractivity contribution < 1.29 is 17.5 Å². The largest absolute Gasteiger partial charge is 0.748 e. The third kappa shape index (κ3) is 4.39. The molecule has 0 saturated carbocycles. The number of likely N-dealkylation sites (tertiary alicyclic amines) is 1. The minimum atomic E-state index is -4.00. The van der Waals surface area contributed by atoms with Crippen LogP contribution in [0.4, 0.5) is 0 Å². The molecule has 1 heterocycles. The van der Waals surface area contributed by atoms with Gasteiger partial charge in [-0.25, -0.2) is 8.42 Å². The molecule has 1 fully saturated rings. The molecule has 1 aliphatic rings. The van der Waals surface area contributed by atoms with Crippen molar-refractivity contribution in [3.05, 3.63) is 0 Å². The molecule has 0 N–H and O–H groups in total. The fourth-order valence-corrected chi connectivity index (χ4v) is 2.65. The van der Waals surface area contributed by atoms with Crippen LogP contribution in [0.5, 0.6) is 0 Å². The molecule has 5 heteroatoms. The zero-order valence-electron chi connectivity index (χ0n) is 8.74. The molecule has 1 aliphatic heterocycles.